The van der Waals surface area contributed by atoms with Gasteiger partial charge in [-0.15, -0.1) is 0 Å². The lowest BCUT2D eigenvalue weighted by atomic mass is 9.72. The Bertz CT molecular complexity index is 304. The molecule has 1 aliphatic heterocycles. The van der Waals surface area contributed by atoms with Crippen molar-refractivity contribution >= 4 is 6.09 Å². The SMILES string of the molecule is CC(C)(C)OC(=O)NC1CC2(C1)OCCC2O. The molecule has 2 fully saturated rings. The summed E-state index contributed by atoms with van der Waals surface area (Å²) in [4.78, 5) is 11.5. The number of carbonyl (C=O) groups excluding carboxylic acids is 1. The number of ether oxygens (including phenoxy) is 2. The fourth-order valence-corrected chi connectivity index (χ4v) is 2.47. The van der Waals surface area contributed by atoms with E-state index in [4.69, 9.17) is 9.47 Å². The first-order chi connectivity index (χ1) is 7.81. The van der Waals surface area contributed by atoms with E-state index in [9.17, 15) is 9.90 Å². The molecule has 2 aliphatic rings. The van der Waals surface area contributed by atoms with Gasteiger partial charge in [-0.2, -0.15) is 0 Å². The molecule has 1 saturated carbocycles. The second kappa shape index (κ2) is 4.14. The highest BCUT2D eigenvalue weighted by atomic mass is 16.6. The minimum atomic E-state index is -0.477. The molecule has 0 aromatic rings. The number of carbonyl (C=O) groups is 1. The lowest BCUT2D eigenvalue weighted by molar-refractivity contribution is -0.124. The molecular weight excluding hydrogens is 222 g/mol. The van der Waals surface area contributed by atoms with Crippen LogP contribution in [0.2, 0.25) is 0 Å². The van der Waals surface area contributed by atoms with Gasteiger partial charge in [-0.1, -0.05) is 0 Å². The fraction of sp³-hybridized carbons (Fsp3) is 0.917. The van der Waals surface area contributed by atoms with Crippen molar-refractivity contribution in [3.05, 3.63) is 0 Å². The van der Waals surface area contributed by atoms with Crippen LogP contribution >= 0.6 is 0 Å². The minimum Gasteiger partial charge on any atom is -0.444 e. The smallest absolute Gasteiger partial charge is 0.407 e. The molecule has 98 valence electrons. The molecule has 0 aromatic heterocycles. The van der Waals surface area contributed by atoms with E-state index in [1.165, 1.54) is 0 Å². The summed E-state index contributed by atoms with van der Waals surface area (Å²) in [5, 5.41) is 12.6. The lowest BCUT2D eigenvalue weighted by Crippen LogP contribution is -2.59. The second-order valence-corrected chi connectivity index (χ2v) is 5.97. The van der Waals surface area contributed by atoms with E-state index in [-0.39, 0.29) is 12.1 Å². The van der Waals surface area contributed by atoms with Crippen LogP contribution in [0.5, 0.6) is 0 Å². The zero-order valence-electron chi connectivity index (χ0n) is 10.7. The van der Waals surface area contributed by atoms with Crippen LogP contribution in [0, 0.1) is 0 Å². The fourth-order valence-electron chi connectivity index (χ4n) is 2.47. The van der Waals surface area contributed by atoms with E-state index in [0.717, 1.165) is 0 Å². The highest BCUT2D eigenvalue weighted by molar-refractivity contribution is 5.68. The van der Waals surface area contributed by atoms with Crippen molar-refractivity contribution in [2.24, 2.45) is 0 Å². The van der Waals surface area contributed by atoms with Gasteiger partial charge in [-0.25, -0.2) is 4.79 Å². The highest BCUT2D eigenvalue weighted by Gasteiger charge is 2.53. The van der Waals surface area contributed by atoms with Crippen molar-refractivity contribution in [2.75, 3.05) is 6.61 Å². The van der Waals surface area contributed by atoms with E-state index in [1.54, 1.807) is 0 Å². The van der Waals surface area contributed by atoms with E-state index < -0.39 is 17.3 Å². The Hall–Kier alpha value is -0.810. The summed E-state index contributed by atoms with van der Waals surface area (Å²) in [6, 6.07) is 0.0533. The summed E-state index contributed by atoms with van der Waals surface area (Å²) in [5.74, 6) is 0. The molecular formula is C12H21NO4. The Kier molecular flexibility index (Phi) is 3.08. The van der Waals surface area contributed by atoms with E-state index in [2.05, 4.69) is 5.32 Å². The van der Waals surface area contributed by atoms with Gasteiger partial charge in [0.1, 0.15) is 5.60 Å². The molecule has 17 heavy (non-hydrogen) atoms. The number of aliphatic hydroxyl groups is 1. The van der Waals surface area contributed by atoms with Crippen LogP contribution in [-0.2, 0) is 9.47 Å². The highest BCUT2D eigenvalue weighted by Crippen LogP contribution is 2.43. The van der Waals surface area contributed by atoms with Crippen LogP contribution in [-0.4, -0.2) is 41.2 Å². The molecule has 2 rings (SSSR count). The number of alkyl carbamates (subject to hydrolysis) is 1. The topological polar surface area (TPSA) is 67.8 Å². The van der Waals surface area contributed by atoms with Gasteiger partial charge in [0.15, 0.2) is 0 Å². The van der Waals surface area contributed by atoms with Gasteiger partial charge in [0.25, 0.3) is 0 Å². The number of amides is 1. The largest absolute Gasteiger partial charge is 0.444 e. The second-order valence-electron chi connectivity index (χ2n) is 5.97. The maximum absolute atomic E-state index is 11.5. The van der Waals surface area contributed by atoms with Gasteiger partial charge in [0, 0.05) is 6.04 Å². The van der Waals surface area contributed by atoms with Crippen molar-refractivity contribution in [1.29, 1.82) is 0 Å². The Labute approximate surface area is 101 Å². The Morgan fingerprint density at radius 1 is 1.47 bits per heavy atom. The van der Waals surface area contributed by atoms with Crippen molar-refractivity contribution in [2.45, 2.75) is 63.4 Å². The predicted octanol–water partition coefficient (Wildman–Crippen LogP) is 1.19. The van der Waals surface area contributed by atoms with Crippen LogP contribution in [0.3, 0.4) is 0 Å². The van der Waals surface area contributed by atoms with Crippen LogP contribution in [0.25, 0.3) is 0 Å². The van der Waals surface area contributed by atoms with Crippen LogP contribution in [0.4, 0.5) is 4.79 Å². The average Bonchev–Trinajstić information content (AvgIpc) is 2.43. The number of hydrogen-bond donors (Lipinski definition) is 2. The van der Waals surface area contributed by atoms with Gasteiger partial charge in [0.05, 0.1) is 18.3 Å². The molecule has 0 bridgehead atoms. The first kappa shape index (κ1) is 12.6. The molecule has 1 unspecified atom stereocenters. The Balaban J connectivity index is 1.75. The number of rotatable bonds is 1. The summed E-state index contributed by atoms with van der Waals surface area (Å²) in [5.41, 5.74) is -0.880. The van der Waals surface area contributed by atoms with Crippen molar-refractivity contribution < 1.29 is 19.4 Å². The summed E-state index contributed by atoms with van der Waals surface area (Å²) in [6.45, 7) is 6.11. The van der Waals surface area contributed by atoms with Gasteiger partial charge >= 0.3 is 6.09 Å². The molecule has 2 N–H and O–H groups in total. The molecule has 1 saturated heterocycles. The van der Waals surface area contributed by atoms with Crippen molar-refractivity contribution in [3.63, 3.8) is 0 Å². The molecule has 1 atom stereocenters. The monoisotopic (exact) mass is 243 g/mol. The normalized spacial score (nSPS) is 36.7. The zero-order valence-corrected chi connectivity index (χ0v) is 10.7. The third-order valence-electron chi connectivity index (χ3n) is 3.29. The molecule has 0 aromatic carbocycles. The molecule has 0 radical (unpaired) electrons. The quantitative estimate of drug-likeness (QED) is 0.726. The summed E-state index contributed by atoms with van der Waals surface area (Å²) in [6.07, 6.45) is 1.25. The molecule has 1 aliphatic carbocycles. The van der Waals surface area contributed by atoms with Crippen LogP contribution < -0.4 is 5.32 Å². The molecule has 5 heteroatoms. The van der Waals surface area contributed by atoms with E-state index in [0.29, 0.717) is 25.9 Å². The summed E-state index contributed by atoms with van der Waals surface area (Å²) in [7, 11) is 0. The van der Waals surface area contributed by atoms with Crippen molar-refractivity contribution in [1.82, 2.24) is 5.32 Å². The molecule has 1 amide bonds. The van der Waals surface area contributed by atoms with Crippen LogP contribution in [0.1, 0.15) is 40.0 Å². The molecule has 5 nitrogen and oxygen atoms in total. The number of hydrogen-bond acceptors (Lipinski definition) is 4. The van der Waals surface area contributed by atoms with Crippen molar-refractivity contribution in [3.8, 4) is 0 Å². The number of nitrogens with one attached hydrogen (secondary N) is 1. The average molecular weight is 243 g/mol. The third-order valence-corrected chi connectivity index (χ3v) is 3.29. The summed E-state index contributed by atoms with van der Waals surface area (Å²) < 4.78 is 10.7. The standard InChI is InChI=1S/C12H21NO4/c1-11(2,3)17-10(15)13-8-6-12(7-8)9(14)4-5-16-12/h8-9,14H,4-7H2,1-3H3,(H,13,15). The zero-order chi connectivity index (χ0) is 12.7. The van der Waals surface area contributed by atoms with E-state index in [1.807, 2.05) is 20.8 Å². The lowest BCUT2D eigenvalue weighted by Gasteiger charge is -2.46. The maximum Gasteiger partial charge on any atom is 0.407 e. The maximum atomic E-state index is 11.5. The first-order valence-electron chi connectivity index (χ1n) is 6.12. The first-order valence-corrected chi connectivity index (χ1v) is 6.12. The molecule has 1 heterocycles. The minimum absolute atomic E-state index is 0.0533. The van der Waals surface area contributed by atoms with Gasteiger partial charge in [-0.05, 0) is 40.0 Å². The Morgan fingerprint density at radius 2 is 2.12 bits per heavy atom. The van der Waals surface area contributed by atoms with Gasteiger partial charge in [-0.3, -0.25) is 0 Å². The summed E-state index contributed by atoms with van der Waals surface area (Å²) >= 11 is 0. The van der Waals surface area contributed by atoms with Gasteiger partial charge in [0.2, 0.25) is 0 Å². The number of aliphatic hydroxyl groups excluding tert-OH is 1. The van der Waals surface area contributed by atoms with Crippen LogP contribution in [0.15, 0.2) is 0 Å². The molecule has 1 spiro atoms. The third kappa shape index (κ3) is 2.72. The Morgan fingerprint density at radius 3 is 2.59 bits per heavy atom. The van der Waals surface area contributed by atoms with E-state index >= 15 is 0 Å². The van der Waals surface area contributed by atoms with Gasteiger partial charge < -0.3 is 19.9 Å². The predicted molar refractivity (Wildman–Crippen MR) is 61.7 cm³/mol.